The summed E-state index contributed by atoms with van der Waals surface area (Å²) in [6, 6.07) is 49.8. The molecule has 0 aromatic heterocycles. The van der Waals surface area contributed by atoms with Crippen LogP contribution in [0.1, 0.15) is 81.3 Å². The van der Waals surface area contributed by atoms with E-state index in [-0.39, 0.29) is 10.6 Å². The zero-order chi connectivity index (χ0) is 43.7. The summed E-state index contributed by atoms with van der Waals surface area (Å²) in [4.78, 5) is 15.5. The summed E-state index contributed by atoms with van der Waals surface area (Å²) in [5.74, 6) is 0. The van der Waals surface area contributed by atoms with Crippen LogP contribution >= 0.6 is 0 Å². The highest BCUT2D eigenvalue weighted by Gasteiger charge is 2.24. The maximum Gasteiger partial charge on any atom is 0.269 e. The van der Waals surface area contributed by atoms with E-state index in [1.54, 1.807) is 29.8 Å². The molecular weight excluding hydrogens is 785 g/mol. The largest absolute Gasteiger partial charge is 0.399 e. The van der Waals surface area contributed by atoms with Crippen molar-refractivity contribution in [2.45, 2.75) is 25.7 Å². The van der Waals surface area contributed by atoms with Gasteiger partial charge in [-0.25, -0.2) is 0 Å². The number of non-ortho nitro benzene ring substituents is 1. The number of anilines is 1. The van der Waals surface area contributed by atoms with Crippen LogP contribution in [0.2, 0.25) is 0 Å². The van der Waals surface area contributed by atoms with Crippen molar-refractivity contribution < 1.29 is 4.92 Å². The molecule has 2 N–H and O–H groups in total. The average Bonchev–Trinajstić information content (AvgIpc) is 3.61. The van der Waals surface area contributed by atoms with E-state index in [0.717, 1.165) is 76.2 Å². The summed E-state index contributed by atoms with van der Waals surface area (Å²) < 4.78 is 0. The Balaban J connectivity index is 0.000000162. The zero-order valence-electron chi connectivity index (χ0n) is 36.3. The lowest BCUT2D eigenvalue weighted by Gasteiger charge is -2.29. The van der Waals surface area contributed by atoms with Crippen molar-refractivity contribution in [3.63, 3.8) is 0 Å². The van der Waals surface area contributed by atoms with Crippen molar-refractivity contribution >= 4 is 59.0 Å². The third-order valence-electron chi connectivity index (χ3n) is 12.8. The Labute approximate surface area is 377 Å². The molecular formula is C58H54N4O2. The lowest BCUT2D eigenvalue weighted by molar-refractivity contribution is -0.384. The highest BCUT2D eigenvalue weighted by Crippen LogP contribution is 2.40. The van der Waals surface area contributed by atoms with Crippen molar-refractivity contribution in [3.8, 4) is 0 Å². The van der Waals surface area contributed by atoms with Crippen LogP contribution in [0, 0.1) is 10.1 Å². The van der Waals surface area contributed by atoms with Crippen LogP contribution in [0.4, 0.5) is 11.4 Å². The number of fused-ring (bicyclic) bond motifs is 4. The van der Waals surface area contributed by atoms with Crippen molar-refractivity contribution in [1.29, 1.82) is 0 Å². The van der Waals surface area contributed by atoms with Crippen molar-refractivity contribution in [2.24, 2.45) is 0 Å². The highest BCUT2D eigenvalue weighted by atomic mass is 16.6. The molecule has 2 fully saturated rings. The average molecular weight is 839 g/mol. The molecule has 0 amide bonds. The Morgan fingerprint density at radius 2 is 0.797 bits per heavy atom. The van der Waals surface area contributed by atoms with Gasteiger partial charge in [-0.3, -0.25) is 19.9 Å². The molecule has 6 aromatic carbocycles. The normalized spacial score (nSPS) is 16.1. The van der Waals surface area contributed by atoms with Gasteiger partial charge in [0.15, 0.2) is 0 Å². The Hall–Kier alpha value is -7.12. The Kier molecular flexibility index (Phi) is 13.1. The number of hydrogen-bond acceptors (Lipinski definition) is 5. The number of piperidine rings is 2. The molecule has 64 heavy (non-hydrogen) atoms. The number of nitrogens with two attached hydrogens (primary N) is 1. The summed E-state index contributed by atoms with van der Waals surface area (Å²) in [5, 5.41) is 10.8. The molecule has 0 saturated carbocycles. The summed E-state index contributed by atoms with van der Waals surface area (Å²) in [7, 11) is 0. The van der Waals surface area contributed by atoms with E-state index in [4.69, 9.17) is 5.73 Å². The fourth-order valence-corrected chi connectivity index (χ4v) is 9.39. The van der Waals surface area contributed by atoms with Crippen LogP contribution in [-0.4, -0.2) is 54.0 Å². The number of benzene rings is 6. The number of likely N-dealkylation sites (tertiary alicyclic amines) is 2. The first-order chi connectivity index (χ1) is 31.5. The van der Waals surface area contributed by atoms with Crippen LogP contribution in [0.5, 0.6) is 0 Å². The molecule has 2 heterocycles. The summed E-state index contributed by atoms with van der Waals surface area (Å²) in [5.41, 5.74) is 25.5. The molecule has 6 heteroatoms. The standard InChI is InChI=1S/C29H26N2O2.C29H28N2/c32-31(33)26-15-11-22(12-16-26)6-5-19-30-20-17-25(18-21-30)29-27-9-3-1-7-23(27)13-14-24-8-2-4-10-28(24)29;30-26-15-11-22(12-16-26)6-5-19-31-20-17-25(18-21-31)29-27-9-3-1-7-23(27)13-14-24-8-2-4-10-28(24)29/h1-16H,17-21H2;1-16H,17-21,30H2/b2*6-5+. The fraction of sp³-hybridized carbons (Fsp3) is 0.172. The van der Waals surface area contributed by atoms with Crippen LogP contribution in [-0.2, 0) is 0 Å². The molecule has 0 atom stereocenters. The Morgan fingerprint density at radius 3 is 1.14 bits per heavy atom. The molecule has 2 saturated heterocycles. The number of nitro benzene ring substituents is 1. The maximum atomic E-state index is 10.8. The predicted molar refractivity (Wildman–Crippen MR) is 269 cm³/mol. The number of hydrogen-bond donors (Lipinski definition) is 1. The second kappa shape index (κ2) is 19.9. The van der Waals surface area contributed by atoms with E-state index in [0.29, 0.717) is 0 Å². The van der Waals surface area contributed by atoms with Crippen LogP contribution in [0.3, 0.4) is 0 Å². The maximum absolute atomic E-state index is 10.8. The van der Waals surface area contributed by atoms with E-state index < -0.39 is 0 Å². The van der Waals surface area contributed by atoms with Crippen molar-refractivity contribution in [1.82, 2.24) is 9.80 Å². The van der Waals surface area contributed by atoms with Crippen molar-refractivity contribution in [2.75, 3.05) is 45.0 Å². The van der Waals surface area contributed by atoms with Crippen LogP contribution in [0.15, 0.2) is 169 Å². The monoisotopic (exact) mass is 838 g/mol. The number of nitrogen functional groups attached to an aromatic ring is 1. The van der Waals surface area contributed by atoms with Gasteiger partial charge in [-0.1, -0.05) is 169 Å². The van der Waals surface area contributed by atoms with E-state index in [2.05, 4.69) is 162 Å². The first-order valence-corrected chi connectivity index (χ1v) is 22.5. The predicted octanol–water partition coefficient (Wildman–Crippen LogP) is 13.1. The molecule has 4 aliphatic rings. The van der Waals surface area contributed by atoms with Gasteiger partial charge in [0.1, 0.15) is 0 Å². The molecule has 0 unspecified atom stereocenters. The molecule has 10 rings (SSSR count). The second-order valence-corrected chi connectivity index (χ2v) is 16.9. The lowest BCUT2D eigenvalue weighted by Crippen LogP contribution is -2.31. The number of nitro groups is 1. The van der Waals surface area contributed by atoms with Crippen LogP contribution in [0.25, 0.3) is 47.6 Å². The van der Waals surface area contributed by atoms with Gasteiger partial charge < -0.3 is 5.73 Å². The van der Waals surface area contributed by atoms with Gasteiger partial charge in [-0.05, 0) is 117 Å². The van der Waals surface area contributed by atoms with Crippen molar-refractivity contribution in [3.05, 3.63) is 235 Å². The SMILES string of the molecule is Nc1ccc(/C=C/CN2CCC(=C3c4ccccc4C=Cc4ccccc43)CC2)cc1.O=[N+]([O-])c1ccc(/C=C/CN2CCC(=C3c4ccccc4C=Cc4ccccc43)CC2)cc1. The third-order valence-corrected chi connectivity index (χ3v) is 12.8. The summed E-state index contributed by atoms with van der Waals surface area (Å²) in [6.07, 6.45) is 22.0. The second-order valence-electron chi connectivity index (χ2n) is 16.9. The first-order valence-electron chi connectivity index (χ1n) is 22.5. The van der Waals surface area contributed by atoms with Gasteiger partial charge in [0.2, 0.25) is 0 Å². The molecule has 0 bridgehead atoms. The number of nitrogens with zero attached hydrogens (tertiary/aromatic N) is 3. The Morgan fingerprint density at radius 1 is 0.469 bits per heavy atom. The van der Waals surface area contributed by atoms with E-state index in [1.165, 1.54) is 66.8 Å². The molecule has 0 spiro atoms. The van der Waals surface area contributed by atoms with E-state index in [1.807, 2.05) is 18.2 Å². The van der Waals surface area contributed by atoms with Gasteiger partial charge in [0.05, 0.1) is 4.92 Å². The van der Waals surface area contributed by atoms with Gasteiger partial charge >= 0.3 is 0 Å². The molecule has 2 aliphatic carbocycles. The molecule has 318 valence electrons. The minimum atomic E-state index is -0.367. The third kappa shape index (κ3) is 9.90. The summed E-state index contributed by atoms with van der Waals surface area (Å²) >= 11 is 0. The van der Waals surface area contributed by atoms with Gasteiger partial charge in [0.25, 0.3) is 5.69 Å². The zero-order valence-corrected chi connectivity index (χ0v) is 36.3. The van der Waals surface area contributed by atoms with E-state index in [9.17, 15) is 10.1 Å². The Bertz CT molecular complexity index is 2700. The lowest BCUT2D eigenvalue weighted by atomic mass is 9.86. The highest BCUT2D eigenvalue weighted by molar-refractivity contribution is 5.96. The number of rotatable bonds is 7. The fourth-order valence-electron chi connectivity index (χ4n) is 9.39. The van der Waals surface area contributed by atoms with Gasteiger partial charge in [-0.15, -0.1) is 0 Å². The van der Waals surface area contributed by atoms with Crippen LogP contribution < -0.4 is 5.73 Å². The first kappa shape index (κ1) is 42.2. The summed E-state index contributed by atoms with van der Waals surface area (Å²) in [6.45, 7) is 6.13. The molecule has 2 aliphatic heterocycles. The van der Waals surface area contributed by atoms with Gasteiger partial charge in [-0.2, -0.15) is 0 Å². The molecule has 0 radical (unpaired) electrons. The topological polar surface area (TPSA) is 75.6 Å². The molecule has 6 nitrogen and oxygen atoms in total. The molecule has 6 aromatic rings. The quantitative estimate of drug-likeness (QED) is 0.0983. The van der Waals surface area contributed by atoms with Gasteiger partial charge in [0, 0.05) is 57.1 Å². The van der Waals surface area contributed by atoms with E-state index >= 15 is 0 Å². The smallest absolute Gasteiger partial charge is 0.269 e. The minimum absolute atomic E-state index is 0.126. The minimum Gasteiger partial charge on any atom is -0.399 e.